The molecule has 84 valence electrons. The van der Waals surface area contributed by atoms with Gasteiger partial charge in [0.1, 0.15) is 6.73 Å². The van der Waals surface area contributed by atoms with Crippen molar-refractivity contribution in [1.29, 1.82) is 0 Å². The summed E-state index contributed by atoms with van der Waals surface area (Å²) in [6, 6.07) is 0. The Labute approximate surface area is 90.6 Å². The maximum Gasteiger partial charge on any atom is 0.278 e. The van der Waals surface area contributed by atoms with Crippen LogP contribution in [0.15, 0.2) is 23.8 Å². The highest BCUT2D eigenvalue weighted by molar-refractivity contribution is 5.69. The number of nitrogens with zero attached hydrogens (tertiary/aromatic N) is 2. The first-order valence-corrected chi connectivity index (χ1v) is 4.67. The molecule has 0 aromatic carbocycles. The summed E-state index contributed by atoms with van der Waals surface area (Å²) >= 11 is 0. The summed E-state index contributed by atoms with van der Waals surface area (Å²) in [6.07, 6.45) is 3.06. The molecule has 0 unspecified atom stereocenters. The van der Waals surface area contributed by atoms with Crippen molar-refractivity contribution in [1.82, 2.24) is 19.9 Å². The summed E-state index contributed by atoms with van der Waals surface area (Å²) in [7, 11) is 0. The molecule has 0 aliphatic carbocycles. The highest BCUT2D eigenvalue weighted by atomic mass is 16.5. The Bertz CT molecular complexity index is 544. The molecular weight excluding hydrogens is 210 g/mol. The molecular formula is C9H11N5O2. The zero-order valence-electron chi connectivity index (χ0n) is 8.49. The average Bonchev–Trinajstić information content (AvgIpc) is 2.73. The van der Waals surface area contributed by atoms with Crippen molar-refractivity contribution in [3.8, 4) is 0 Å². The van der Waals surface area contributed by atoms with Gasteiger partial charge in [0.15, 0.2) is 11.2 Å². The zero-order valence-corrected chi connectivity index (χ0v) is 8.49. The van der Waals surface area contributed by atoms with Gasteiger partial charge in [-0.15, -0.1) is 6.58 Å². The van der Waals surface area contributed by atoms with E-state index in [1.807, 2.05) is 0 Å². The number of H-pyrrole nitrogens is 2. The van der Waals surface area contributed by atoms with Crippen LogP contribution < -0.4 is 10.9 Å². The van der Waals surface area contributed by atoms with Gasteiger partial charge >= 0.3 is 0 Å². The molecule has 0 atom stereocenters. The van der Waals surface area contributed by atoms with E-state index in [2.05, 4.69) is 31.8 Å². The van der Waals surface area contributed by atoms with Gasteiger partial charge < -0.3 is 15.0 Å². The fourth-order valence-electron chi connectivity index (χ4n) is 1.19. The van der Waals surface area contributed by atoms with Crippen molar-refractivity contribution in [2.45, 2.75) is 0 Å². The van der Waals surface area contributed by atoms with Gasteiger partial charge in [0.05, 0.1) is 12.9 Å². The second-order valence-corrected chi connectivity index (χ2v) is 3.00. The molecule has 0 spiro atoms. The minimum Gasteiger partial charge on any atom is -0.357 e. The van der Waals surface area contributed by atoms with Crippen molar-refractivity contribution in [2.75, 3.05) is 18.7 Å². The van der Waals surface area contributed by atoms with Gasteiger partial charge in [-0.3, -0.25) is 9.78 Å². The van der Waals surface area contributed by atoms with Gasteiger partial charge in [-0.2, -0.15) is 4.98 Å². The molecule has 2 rings (SSSR count). The molecule has 0 fully saturated rings. The minimum absolute atomic E-state index is 0.241. The lowest BCUT2D eigenvalue weighted by Gasteiger charge is -2.04. The summed E-state index contributed by atoms with van der Waals surface area (Å²) in [6.45, 7) is 4.19. The summed E-state index contributed by atoms with van der Waals surface area (Å²) in [5.74, 6) is 0.327. The zero-order chi connectivity index (χ0) is 11.4. The Balaban J connectivity index is 2.12. The monoisotopic (exact) mass is 221 g/mol. The van der Waals surface area contributed by atoms with Crippen LogP contribution in [0.1, 0.15) is 0 Å². The maximum absolute atomic E-state index is 11.5. The van der Waals surface area contributed by atoms with Crippen molar-refractivity contribution >= 4 is 17.1 Å². The lowest BCUT2D eigenvalue weighted by molar-refractivity contribution is 0.182. The van der Waals surface area contributed by atoms with Gasteiger partial charge in [0.25, 0.3) is 5.56 Å². The Morgan fingerprint density at radius 2 is 2.50 bits per heavy atom. The number of fused-ring (bicyclic) bond motifs is 1. The third kappa shape index (κ3) is 2.09. The smallest absolute Gasteiger partial charge is 0.278 e. The standard InChI is InChI=1S/C9H11N5O2/c1-2-3-16-5-12-9-13-7-6(8(15)14-9)10-4-11-7/h2,4H,1,3,5H2,(H3,10,11,12,13,14,15). The fourth-order valence-corrected chi connectivity index (χ4v) is 1.19. The van der Waals surface area contributed by atoms with E-state index in [1.54, 1.807) is 6.08 Å². The van der Waals surface area contributed by atoms with E-state index >= 15 is 0 Å². The molecule has 3 N–H and O–H groups in total. The number of aromatic amines is 2. The van der Waals surface area contributed by atoms with Crippen molar-refractivity contribution in [3.05, 3.63) is 29.3 Å². The number of nitrogens with one attached hydrogen (secondary N) is 3. The number of ether oxygens (including phenoxy) is 1. The first kappa shape index (κ1) is 10.4. The molecule has 7 heteroatoms. The predicted octanol–water partition coefficient (Wildman–Crippen LogP) is 0.218. The molecule has 0 saturated heterocycles. The first-order chi connectivity index (χ1) is 7.81. The van der Waals surface area contributed by atoms with Crippen LogP contribution in [0.5, 0.6) is 0 Å². The van der Waals surface area contributed by atoms with Gasteiger partial charge in [0.2, 0.25) is 5.95 Å². The SMILES string of the molecule is C=CCOCNc1nc2nc[nH]c2c(=O)[nH]1. The molecule has 7 nitrogen and oxygen atoms in total. The van der Waals surface area contributed by atoms with E-state index in [4.69, 9.17) is 4.74 Å². The van der Waals surface area contributed by atoms with Gasteiger partial charge in [0, 0.05) is 0 Å². The summed E-state index contributed by atoms with van der Waals surface area (Å²) < 4.78 is 5.10. The van der Waals surface area contributed by atoms with Gasteiger partial charge in [-0.1, -0.05) is 6.08 Å². The van der Waals surface area contributed by atoms with Crippen LogP contribution in [-0.2, 0) is 4.74 Å². The minimum atomic E-state index is -0.270. The Kier molecular flexibility index (Phi) is 2.97. The van der Waals surface area contributed by atoms with E-state index in [1.165, 1.54) is 6.33 Å². The second kappa shape index (κ2) is 4.58. The van der Waals surface area contributed by atoms with Crippen molar-refractivity contribution in [3.63, 3.8) is 0 Å². The summed E-state index contributed by atoms with van der Waals surface area (Å²) in [5.41, 5.74) is 0.459. The molecule has 0 bridgehead atoms. The van der Waals surface area contributed by atoms with Gasteiger partial charge in [-0.05, 0) is 0 Å². The maximum atomic E-state index is 11.5. The summed E-state index contributed by atoms with van der Waals surface area (Å²) in [4.78, 5) is 24.7. The third-order valence-corrected chi connectivity index (χ3v) is 1.87. The number of anilines is 1. The van der Waals surface area contributed by atoms with Crippen LogP contribution in [0.3, 0.4) is 0 Å². The van der Waals surface area contributed by atoms with E-state index in [0.717, 1.165) is 0 Å². The molecule has 0 saturated carbocycles. The van der Waals surface area contributed by atoms with Crippen molar-refractivity contribution in [2.24, 2.45) is 0 Å². The number of hydrogen-bond acceptors (Lipinski definition) is 5. The van der Waals surface area contributed by atoms with E-state index < -0.39 is 0 Å². The molecule has 2 aromatic rings. The van der Waals surface area contributed by atoms with E-state index in [9.17, 15) is 4.79 Å². The van der Waals surface area contributed by atoms with Crippen molar-refractivity contribution < 1.29 is 4.74 Å². The molecule has 0 aliphatic heterocycles. The average molecular weight is 221 g/mol. The first-order valence-electron chi connectivity index (χ1n) is 4.67. The second-order valence-electron chi connectivity index (χ2n) is 3.00. The Morgan fingerprint density at radius 3 is 3.31 bits per heavy atom. The molecule has 0 amide bonds. The van der Waals surface area contributed by atoms with Crippen LogP contribution in [0.4, 0.5) is 5.95 Å². The fraction of sp³-hybridized carbons (Fsp3) is 0.222. The third-order valence-electron chi connectivity index (χ3n) is 1.87. The highest BCUT2D eigenvalue weighted by Gasteiger charge is 2.04. The Hall–Kier alpha value is -2.15. The molecule has 0 aliphatic rings. The number of rotatable bonds is 5. The molecule has 0 radical (unpaired) electrons. The lowest BCUT2D eigenvalue weighted by Crippen LogP contribution is -2.15. The highest BCUT2D eigenvalue weighted by Crippen LogP contribution is 2.02. The lowest BCUT2D eigenvalue weighted by atomic mass is 10.5. The topological polar surface area (TPSA) is 95.7 Å². The number of hydrogen-bond donors (Lipinski definition) is 3. The number of imidazole rings is 1. The van der Waals surface area contributed by atoms with Gasteiger partial charge in [-0.25, -0.2) is 4.98 Å². The van der Waals surface area contributed by atoms with Crippen LogP contribution in [-0.4, -0.2) is 33.3 Å². The molecule has 2 aromatic heterocycles. The molecule has 16 heavy (non-hydrogen) atoms. The van der Waals surface area contributed by atoms with Crippen LogP contribution in [0.25, 0.3) is 11.2 Å². The predicted molar refractivity (Wildman–Crippen MR) is 59.1 cm³/mol. The normalized spacial score (nSPS) is 10.5. The Morgan fingerprint density at radius 1 is 1.62 bits per heavy atom. The quantitative estimate of drug-likeness (QED) is 0.381. The van der Waals surface area contributed by atoms with E-state index in [-0.39, 0.29) is 12.3 Å². The number of aromatic nitrogens is 4. The van der Waals surface area contributed by atoms with Crippen LogP contribution >= 0.6 is 0 Å². The largest absolute Gasteiger partial charge is 0.357 e. The molecule has 2 heterocycles. The van der Waals surface area contributed by atoms with Crippen LogP contribution in [0.2, 0.25) is 0 Å². The van der Waals surface area contributed by atoms with Crippen LogP contribution in [0, 0.1) is 0 Å². The van der Waals surface area contributed by atoms with E-state index in [0.29, 0.717) is 23.7 Å². The summed E-state index contributed by atoms with van der Waals surface area (Å²) in [5, 5.41) is 2.81.